The van der Waals surface area contributed by atoms with E-state index in [2.05, 4.69) is 15.1 Å². The Morgan fingerprint density at radius 1 is 1.11 bits per heavy atom. The highest BCUT2D eigenvalue weighted by molar-refractivity contribution is 6.33. The number of fused-ring (bicyclic) bond motifs is 1. The van der Waals surface area contributed by atoms with E-state index in [1.54, 1.807) is 24.4 Å². The number of ether oxygens (including phenoxy) is 1. The zero-order valence-corrected chi connectivity index (χ0v) is 15.3. The van der Waals surface area contributed by atoms with Crippen LogP contribution in [0, 0.1) is 0 Å². The van der Waals surface area contributed by atoms with Crippen molar-refractivity contribution in [2.75, 3.05) is 0 Å². The van der Waals surface area contributed by atoms with Crippen LogP contribution in [0.1, 0.15) is 11.4 Å². The quantitative estimate of drug-likeness (QED) is 0.362. The van der Waals surface area contributed by atoms with Gasteiger partial charge in [0.2, 0.25) is 5.82 Å². The summed E-state index contributed by atoms with van der Waals surface area (Å²) in [6.45, 7) is -0.106. The van der Waals surface area contributed by atoms with Gasteiger partial charge in [-0.1, -0.05) is 53.2 Å². The molecule has 0 bridgehead atoms. The second-order valence-corrected chi connectivity index (χ2v) is 6.27. The van der Waals surface area contributed by atoms with E-state index >= 15 is 0 Å². The molecule has 0 aliphatic heterocycles. The van der Waals surface area contributed by atoms with Gasteiger partial charge in [-0.15, -0.1) is 0 Å². The number of carbonyl (C=O) groups excluding carboxylic acids is 1. The van der Waals surface area contributed by atoms with E-state index in [0.717, 1.165) is 16.5 Å². The number of para-hydroxylation sites is 1. The molecule has 4 rings (SSSR count). The molecule has 0 fully saturated rings. The predicted octanol–water partition coefficient (Wildman–Crippen LogP) is 4.69. The molecule has 7 heteroatoms. The Bertz CT molecular complexity index is 1170. The first-order valence-corrected chi connectivity index (χ1v) is 8.84. The number of benzene rings is 2. The summed E-state index contributed by atoms with van der Waals surface area (Å²) in [6.07, 6.45) is 4.73. The fourth-order valence-electron chi connectivity index (χ4n) is 2.66. The number of aromatic nitrogens is 3. The SMILES string of the molecule is O=C(/C=C/c1cccc2cccnc12)OCc1noc(-c2ccccc2Cl)n1. The van der Waals surface area contributed by atoms with Gasteiger partial charge in [-0.05, 0) is 24.3 Å². The number of carbonyl (C=O) groups is 1. The minimum absolute atomic E-state index is 0.106. The van der Waals surface area contributed by atoms with Crippen LogP contribution in [0.3, 0.4) is 0 Å². The second-order valence-electron chi connectivity index (χ2n) is 5.86. The highest BCUT2D eigenvalue weighted by Crippen LogP contribution is 2.25. The van der Waals surface area contributed by atoms with Crippen molar-refractivity contribution < 1.29 is 14.1 Å². The van der Waals surface area contributed by atoms with Gasteiger partial charge in [0.1, 0.15) is 0 Å². The Balaban J connectivity index is 1.41. The maximum Gasteiger partial charge on any atom is 0.331 e. The smallest absolute Gasteiger partial charge is 0.331 e. The molecule has 0 saturated heterocycles. The zero-order valence-electron chi connectivity index (χ0n) is 14.6. The summed E-state index contributed by atoms with van der Waals surface area (Å²) in [6, 6.07) is 16.7. The number of nitrogens with zero attached hydrogens (tertiary/aromatic N) is 3. The first kappa shape index (κ1) is 17.9. The van der Waals surface area contributed by atoms with Gasteiger partial charge in [0.25, 0.3) is 5.89 Å². The molecule has 0 amide bonds. The number of hydrogen-bond donors (Lipinski definition) is 0. The van der Waals surface area contributed by atoms with Crippen LogP contribution >= 0.6 is 11.6 Å². The summed E-state index contributed by atoms with van der Waals surface area (Å²) in [5.74, 6) is 0.00884. The van der Waals surface area contributed by atoms with E-state index in [4.69, 9.17) is 20.9 Å². The number of rotatable bonds is 5. The van der Waals surface area contributed by atoms with Crippen LogP contribution in [0.2, 0.25) is 5.02 Å². The third kappa shape index (κ3) is 3.92. The Morgan fingerprint density at radius 3 is 2.86 bits per heavy atom. The standard InChI is InChI=1S/C21H14ClN3O3/c22-17-9-2-1-8-16(17)21-24-18(25-28-21)13-27-19(26)11-10-15-6-3-5-14-7-4-12-23-20(14)15/h1-12H,13H2/b11-10+. The molecule has 2 heterocycles. The minimum atomic E-state index is -0.517. The molecule has 2 aromatic heterocycles. The second kappa shape index (κ2) is 8.02. The van der Waals surface area contributed by atoms with E-state index < -0.39 is 5.97 Å². The van der Waals surface area contributed by atoms with E-state index in [0.29, 0.717) is 10.6 Å². The monoisotopic (exact) mass is 391 g/mol. The lowest BCUT2D eigenvalue weighted by Gasteiger charge is -2.01. The van der Waals surface area contributed by atoms with Crippen molar-refractivity contribution in [1.29, 1.82) is 0 Å². The van der Waals surface area contributed by atoms with Crippen molar-refractivity contribution in [3.05, 3.63) is 83.3 Å². The number of pyridine rings is 1. The fraction of sp³-hybridized carbons (Fsp3) is 0.0476. The van der Waals surface area contributed by atoms with Gasteiger partial charge in [-0.3, -0.25) is 4.98 Å². The molecule has 0 aliphatic rings. The number of halogens is 1. The zero-order chi connectivity index (χ0) is 19.3. The predicted molar refractivity (Wildman–Crippen MR) is 105 cm³/mol. The van der Waals surface area contributed by atoms with Crippen molar-refractivity contribution in [2.24, 2.45) is 0 Å². The van der Waals surface area contributed by atoms with Gasteiger partial charge in [0.15, 0.2) is 6.61 Å². The van der Waals surface area contributed by atoms with E-state index in [1.165, 1.54) is 6.08 Å². The molecule has 138 valence electrons. The first-order valence-electron chi connectivity index (χ1n) is 8.47. The topological polar surface area (TPSA) is 78.1 Å². The van der Waals surface area contributed by atoms with Gasteiger partial charge in [-0.25, -0.2) is 4.79 Å². The molecular weight excluding hydrogens is 378 g/mol. The summed E-state index contributed by atoms with van der Waals surface area (Å²) >= 11 is 6.11. The van der Waals surface area contributed by atoms with Gasteiger partial charge >= 0.3 is 5.97 Å². The largest absolute Gasteiger partial charge is 0.454 e. The van der Waals surface area contributed by atoms with Crippen molar-refractivity contribution in [3.8, 4) is 11.5 Å². The van der Waals surface area contributed by atoms with Crippen molar-refractivity contribution in [3.63, 3.8) is 0 Å². The van der Waals surface area contributed by atoms with E-state index in [9.17, 15) is 4.79 Å². The third-order valence-electron chi connectivity index (χ3n) is 3.98. The van der Waals surface area contributed by atoms with Crippen molar-refractivity contribution in [1.82, 2.24) is 15.1 Å². The molecule has 0 spiro atoms. The highest BCUT2D eigenvalue weighted by atomic mass is 35.5. The normalized spacial score (nSPS) is 11.2. The average Bonchev–Trinajstić information content (AvgIpc) is 3.20. The summed E-state index contributed by atoms with van der Waals surface area (Å²) < 4.78 is 10.4. The summed E-state index contributed by atoms with van der Waals surface area (Å²) in [5.41, 5.74) is 2.27. The molecule has 0 atom stereocenters. The van der Waals surface area contributed by atoms with Gasteiger partial charge in [0.05, 0.1) is 16.1 Å². The molecule has 0 unspecified atom stereocenters. The van der Waals surface area contributed by atoms with Crippen LogP contribution in [0.4, 0.5) is 0 Å². The molecule has 4 aromatic rings. The fourth-order valence-corrected chi connectivity index (χ4v) is 2.88. The van der Waals surface area contributed by atoms with E-state index in [-0.39, 0.29) is 18.3 Å². The summed E-state index contributed by atoms with van der Waals surface area (Å²) in [4.78, 5) is 20.6. The minimum Gasteiger partial charge on any atom is -0.454 e. The van der Waals surface area contributed by atoms with Crippen LogP contribution in [0.5, 0.6) is 0 Å². The van der Waals surface area contributed by atoms with Crippen LogP contribution in [-0.4, -0.2) is 21.1 Å². The average molecular weight is 392 g/mol. The number of hydrogen-bond acceptors (Lipinski definition) is 6. The van der Waals surface area contributed by atoms with Crippen LogP contribution in [0.15, 0.2) is 71.4 Å². The Morgan fingerprint density at radius 2 is 1.96 bits per heavy atom. The van der Waals surface area contributed by atoms with Gasteiger partial charge < -0.3 is 9.26 Å². The molecule has 28 heavy (non-hydrogen) atoms. The van der Waals surface area contributed by atoms with Crippen LogP contribution < -0.4 is 0 Å². The maximum atomic E-state index is 12.0. The van der Waals surface area contributed by atoms with Crippen LogP contribution in [0.25, 0.3) is 28.4 Å². The first-order chi connectivity index (χ1) is 13.7. The Hall–Kier alpha value is -3.51. The highest BCUT2D eigenvalue weighted by Gasteiger charge is 2.12. The molecule has 0 saturated carbocycles. The van der Waals surface area contributed by atoms with Crippen molar-refractivity contribution >= 4 is 34.5 Å². The molecule has 0 aliphatic carbocycles. The molecule has 0 radical (unpaired) electrons. The Labute approximate surface area is 165 Å². The summed E-state index contributed by atoms with van der Waals surface area (Å²) in [7, 11) is 0. The molecular formula is C21H14ClN3O3. The lowest BCUT2D eigenvalue weighted by molar-refractivity contribution is -0.139. The van der Waals surface area contributed by atoms with E-state index in [1.807, 2.05) is 42.5 Å². The Kier molecular flexibility index (Phi) is 5.12. The maximum absolute atomic E-state index is 12.0. The number of esters is 1. The molecule has 2 aromatic carbocycles. The van der Waals surface area contributed by atoms with Crippen molar-refractivity contribution in [2.45, 2.75) is 6.61 Å². The van der Waals surface area contributed by atoms with Crippen LogP contribution in [-0.2, 0) is 16.1 Å². The lowest BCUT2D eigenvalue weighted by Crippen LogP contribution is -2.02. The molecule has 0 N–H and O–H groups in total. The van der Waals surface area contributed by atoms with Gasteiger partial charge in [0, 0.05) is 23.2 Å². The molecule has 6 nitrogen and oxygen atoms in total. The lowest BCUT2D eigenvalue weighted by atomic mass is 10.1. The summed E-state index contributed by atoms with van der Waals surface area (Å²) in [5, 5.41) is 5.31. The van der Waals surface area contributed by atoms with Gasteiger partial charge in [-0.2, -0.15) is 4.98 Å². The third-order valence-corrected chi connectivity index (χ3v) is 4.31.